The number of hydrogen-bond donors (Lipinski definition) is 2. The summed E-state index contributed by atoms with van der Waals surface area (Å²) >= 11 is 0. The van der Waals surface area contributed by atoms with Gasteiger partial charge in [-0.05, 0) is 23.6 Å². The summed E-state index contributed by atoms with van der Waals surface area (Å²) in [6.45, 7) is 4.45. The molecule has 120 valence electrons. The van der Waals surface area contributed by atoms with E-state index in [1.165, 1.54) is 12.1 Å². The Kier molecular flexibility index (Phi) is 4.25. The molecule has 0 fully saturated rings. The average molecular weight is 314 g/mol. The summed E-state index contributed by atoms with van der Waals surface area (Å²) in [6.07, 6.45) is 0.950. The maximum absolute atomic E-state index is 12.9. The first kappa shape index (κ1) is 15.4. The largest absolute Gasteiger partial charge is 0.387 e. The Labute approximate surface area is 133 Å². The molecule has 3 aromatic rings. The SMILES string of the molecule is CC(C)c1cc(NC[C@@H](O)c2ccc(F)cc2)n2nccc2n1. The van der Waals surface area contributed by atoms with Gasteiger partial charge in [0.25, 0.3) is 0 Å². The second-order valence-corrected chi connectivity index (χ2v) is 5.77. The summed E-state index contributed by atoms with van der Waals surface area (Å²) in [5.41, 5.74) is 2.38. The monoisotopic (exact) mass is 314 g/mol. The third kappa shape index (κ3) is 3.32. The highest BCUT2D eigenvalue weighted by molar-refractivity contribution is 5.49. The third-order valence-electron chi connectivity index (χ3n) is 3.70. The van der Waals surface area contributed by atoms with Gasteiger partial charge in [0.15, 0.2) is 5.65 Å². The van der Waals surface area contributed by atoms with Crippen LogP contribution in [0.1, 0.15) is 37.1 Å². The quantitative estimate of drug-likeness (QED) is 0.759. The Hall–Kier alpha value is -2.47. The van der Waals surface area contributed by atoms with Crippen LogP contribution in [0, 0.1) is 5.82 Å². The van der Waals surface area contributed by atoms with E-state index in [-0.39, 0.29) is 11.7 Å². The van der Waals surface area contributed by atoms with Crippen LogP contribution >= 0.6 is 0 Å². The van der Waals surface area contributed by atoms with E-state index in [0.717, 1.165) is 17.2 Å². The van der Waals surface area contributed by atoms with Crippen molar-refractivity contribution in [1.82, 2.24) is 14.6 Å². The fourth-order valence-corrected chi connectivity index (χ4v) is 2.36. The van der Waals surface area contributed by atoms with Crippen molar-refractivity contribution in [2.24, 2.45) is 0 Å². The molecule has 0 aliphatic heterocycles. The van der Waals surface area contributed by atoms with Crippen LogP contribution in [0.2, 0.25) is 0 Å². The number of benzene rings is 1. The molecule has 2 heterocycles. The molecule has 0 amide bonds. The fraction of sp³-hybridized carbons (Fsp3) is 0.294. The number of hydrogen-bond acceptors (Lipinski definition) is 4. The van der Waals surface area contributed by atoms with Crippen LogP contribution in [0.4, 0.5) is 10.2 Å². The first-order chi connectivity index (χ1) is 11.0. The van der Waals surface area contributed by atoms with Crippen LogP contribution in [-0.2, 0) is 0 Å². The second kappa shape index (κ2) is 6.34. The number of aromatic nitrogens is 3. The smallest absolute Gasteiger partial charge is 0.157 e. The zero-order chi connectivity index (χ0) is 16.4. The molecule has 3 rings (SSSR count). The van der Waals surface area contributed by atoms with Gasteiger partial charge in [-0.15, -0.1) is 0 Å². The molecule has 0 spiro atoms. The number of nitrogens with zero attached hydrogens (tertiary/aromatic N) is 3. The van der Waals surface area contributed by atoms with E-state index in [1.807, 2.05) is 12.1 Å². The topological polar surface area (TPSA) is 62.5 Å². The number of aliphatic hydroxyl groups excluding tert-OH is 1. The predicted molar refractivity (Wildman–Crippen MR) is 86.9 cm³/mol. The number of halogens is 1. The maximum atomic E-state index is 12.9. The minimum atomic E-state index is -0.739. The molecule has 0 saturated heterocycles. The van der Waals surface area contributed by atoms with Crippen LogP contribution in [0.15, 0.2) is 42.6 Å². The van der Waals surface area contributed by atoms with Gasteiger partial charge in [-0.2, -0.15) is 9.61 Å². The first-order valence-corrected chi connectivity index (χ1v) is 7.56. The Balaban J connectivity index is 1.80. The van der Waals surface area contributed by atoms with Gasteiger partial charge in [0.1, 0.15) is 11.6 Å². The van der Waals surface area contributed by atoms with Crippen molar-refractivity contribution in [2.75, 3.05) is 11.9 Å². The molecule has 0 aliphatic carbocycles. The highest BCUT2D eigenvalue weighted by Gasteiger charge is 2.12. The zero-order valence-corrected chi connectivity index (χ0v) is 13.1. The van der Waals surface area contributed by atoms with Crippen LogP contribution in [0.5, 0.6) is 0 Å². The second-order valence-electron chi connectivity index (χ2n) is 5.77. The molecular weight excluding hydrogens is 295 g/mol. The van der Waals surface area contributed by atoms with Crippen molar-refractivity contribution in [3.8, 4) is 0 Å². The summed E-state index contributed by atoms with van der Waals surface area (Å²) in [7, 11) is 0. The normalized spacial score (nSPS) is 12.7. The Bertz CT molecular complexity index is 798. The molecule has 0 unspecified atom stereocenters. The van der Waals surface area contributed by atoms with Gasteiger partial charge in [-0.3, -0.25) is 0 Å². The van der Waals surface area contributed by atoms with Crippen molar-refractivity contribution in [2.45, 2.75) is 25.9 Å². The Morgan fingerprint density at radius 3 is 2.65 bits per heavy atom. The minimum Gasteiger partial charge on any atom is -0.387 e. The van der Waals surface area contributed by atoms with Crippen molar-refractivity contribution in [3.05, 3.63) is 59.7 Å². The molecule has 2 N–H and O–H groups in total. The van der Waals surface area contributed by atoms with E-state index in [2.05, 4.69) is 29.2 Å². The summed E-state index contributed by atoms with van der Waals surface area (Å²) < 4.78 is 14.6. The molecule has 0 bridgehead atoms. The van der Waals surface area contributed by atoms with Crippen LogP contribution in [-0.4, -0.2) is 26.2 Å². The summed E-state index contributed by atoms with van der Waals surface area (Å²) in [5.74, 6) is 0.741. The summed E-state index contributed by atoms with van der Waals surface area (Å²) in [4.78, 5) is 4.55. The lowest BCUT2D eigenvalue weighted by Gasteiger charge is -2.15. The number of rotatable bonds is 5. The van der Waals surface area contributed by atoms with Crippen LogP contribution in [0.25, 0.3) is 5.65 Å². The molecule has 1 aromatic carbocycles. The molecule has 0 saturated carbocycles. The van der Waals surface area contributed by atoms with Gasteiger partial charge >= 0.3 is 0 Å². The van der Waals surface area contributed by atoms with E-state index in [4.69, 9.17) is 0 Å². The highest BCUT2D eigenvalue weighted by atomic mass is 19.1. The summed E-state index contributed by atoms with van der Waals surface area (Å²) in [6, 6.07) is 9.62. The van der Waals surface area contributed by atoms with E-state index >= 15 is 0 Å². The number of aliphatic hydroxyl groups is 1. The van der Waals surface area contributed by atoms with E-state index in [9.17, 15) is 9.50 Å². The van der Waals surface area contributed by atoms with Gasteiger partial charge in [-0.1, -0.05) is 26.0 Å². The van der Waals surface area contributed by atoms with Crippen molar-refractivity contribution < 1.29 is 9.50 Å². The molecule has 6 heteroatoms. The molecule has 1 atom stereocenters. The summed E-state index contributed by atoms with van der Waals surface area (Å²) in [5, 5.41) is 17.7. The first-order valence-electron chi connectivity index (χ1n) is 7.56. The highest BCUT2D eigenvalue weighted by Crippen LogP contribution is 2.20. The van der Waals surface area contributed by atoms with Crippen LogP contribution < -0.4 is 5.32 Å². The maximum Gasteiger partial charge on any atom is 0.157 e. The Morgan fingerprint density at radius 1 is 1.22 bits per heavy atom. The van der Waals surface area contributed by atoms with Gasteiger partial charge in [0.05, 0.1) is 12.3 Å². The third-order valence-corrected chi connectivity index (χ3v) is 3.70. The van der Waals surface area contributed by atoms with Crippen molar-refractivity contribution in [1.29, 1.82) is 0 Å². The molecular formula is C17H19FN4O. The van der Waals surface area contributed by atoms with Gasteiger partial charge in [0.2, 0.25) is 0 Å². The lowest BCUT2D eigenvalue weighted by molar-refractivity contribution is 0.191. The number of nitrogens with one attached hydrogen (secondary N) is 1. The zero-order valence-electron chi connectivity index (χ0n) is 13.1. The molecule has 23 heavy (non-hydrogen) atoms. The van der Waals surface area contributed by atoms with E-state index < -0.39 is 6.10 Å². The Morgan fingerprint density at radius 2 is 1.96 bits per heavy atom. The average Bonchev–Trinajstić information content (AvgIpc) is 3.01. The van der Waals surface area contributed by atoms with Gasteiger partial charge < -0.3 is 10.4 Å². The molecule has 2 aromatic heterocycles. The minimum absolute atomic E-state index is 0.289. The standard InChI is InChI=1S/C17H19FN4O/c1-11(2)14-9-17(22-16(21-14)7-8-20-22)19-10-15(23)12-3-5-13(18)6-4-12/h3-9,11,15,19,23H,10H2,1-2H3/t15-/m1/s1. The van der Waals surface area contributed by atoms with Gasteiger partial charge in [0, 0.05) is 24.4 Å². The molecule has 0 radical (unpaired) electrons. The molecule has 5 nitrogen and oxygen atoms in total. The van der Waals surface area contributed by atoms with Crippen LogP contribution in [0.3, 0.4) is 0 Å². The number of fused-ring (bicyclic) bond motifs is 1. The molecule has 0 aliphatic rings. The number of anilines is 1. The van der Waals surface area contributed by atoms with Crippen molar-refractivity contribution >= 4 is 11.5 Å². The van der Waals surface area contributed by atoms with E-state index in [0.29, 0.717) is 12.1 Å². The lowest BCUT2D eigenvalue weighted by atomic mass is 10.1. The fourth-order valence-electron chi connectivity index (χ4n) is 2.36. The predicted octanol–water partition coefficient (Wildman–Crippen LogP) is 3.14. The van der Waals surface area contributed by atoms with E-state index in [1.54, 1.807) is 22.8 Å². The lowest BCUT2D eigenvalue weighted by Crippen LogP contribution is -2.15. The van der Waals surface area contributed by atoms with Crippen molar-refractivity contribution in [3.63, 3.8) is 0 Å². The van der Waals surface area contributed by atoms with Gasteiger partial charge in [-0.25, -0.2) is 9.37 Å².